The SMILES string of the molecule is COc1ccc(-n2cc(CNC(C)C)c(-c3ccccc3Cl)n2)cc1. The summed E-state index contributed by atoms with van der Waals surface area (Å²) >= 11 is 6.40. The van der Waals surface area contributed by atoms with Gasteiger partial charge in [-0.25, -0.2) is 4.68 Å². The monoisotopic (exact) mass is 355 g/mol. The third kappa shape index (κ3) is 4.03. The first-order valence-electron chi connectivity index (χ1n) is 8.29. The molecule has 2 aromatic carbocycles. The average Bonchev–Trinajstić information content (AvgIpc) is 3.04. The van der Waals surface area contributed by atoms with Crippen LogP contribution in [0.2, 0.25) is 5.02 Å². The predicted octanol–water partition coefficient (Wildman–Crippen LogP) is 4.70. The minimum atomic E-state index is 0.392. The Balaban J connectivity index is 2.03. The molecule has 0 spiro atoms. The summed E-state index contributed by atoms with van der Waals surface area (Å²) in [4.78, 5) is 0. The zero-order valence-corrected chi connectivity index (χ0v) is 15.4. The molecule has 130 valence electrons. The van der Waals surface area contributed by atoms with E-state index in [2.05, 4.69) is 25.4 Å². The van der Waals surface area contributed by atoms with E-state index < -0.39 is 0 Å². The van der Waals surface area contributed by atoms with Gasteiger partial charge in [0.2, 0.25) is 0 Å². The van der Waals surface area contributed by atoms with Crippen LogP contribution in [-0.4, -0.2) is 22.9 Å². The second-order valence-corrected chi connectivity index (χ2v) is 6.57. The molecule has 3 rings (SSSR count). The van der Waals surface area contributed by atoms with Gasteiger partial charge in [0.05, 0.1) is 23.5 Å². The molecule has 0 fully saturated rings. The Morgan fingerprint density at radius 1 is 1.12 bits per heavy atom. The van der Waals surface area contributed by atoms with Crippen molar-refractivity contribution in [3.05, 3.63) is 65.3 Å². The maximum Gasteiger partial charge on any atom is 0.119 e. The van der Waals surface area contributed by atoms with E-state index >= 15 is 0 Å². The van der Waals surface area contributed by atoms with Crippen LogP contribution in [0.25, 0.3) is 16.9 Å². The lowest BCUT2D eigenvalue weighted by Gasteiger charge is -2.08. The lowest BCUT2D eigenvalue weighted by Crippen LogP contribution is -2.21. The number of rotatable bonds is 6. The van der Waals surface area contributed by atoms with Gasteiger partial charge in [0.15, 0.2) is 0 Å². The van der Waals surface area contributed by atoms with Gasteiger partial charge in [0, 0.05) is 29.9 Å². The fraction of sp³-hybridized carbons (Fsp3) is 0.250. The van der Waals surface area contributed by atoms with Crippen LogP contribution in [0.15, 0.2) is 54.7 Å². The second kappa shape index (κ2) is 7.72. The normalized spacial score (nSPS) is 11.1. The van der Waals surface area contributed by atoms with E-state index in [-0.39, 0.29) is 0 Å². The molecule has 0 bridgehead atoms. The predicted molar refractivity (Wildman–Crippen MR) is 103 cm³/mol. The molecule has 0 aliphatic carbocycles. The van der Waals surface area contributed by atoms with Crippen LogP contribution in [0.4, 0.5) is 0 Å². The number of methoxy groups -OCH3 is 1. The molecule has 0 aliphatic rings. The van der Waals surface area contributed by atoms with Crippen molar-refractivity contribution in [1.29, 1.82) is 0 Å². The zero-order chi connectivity index (χ0) is 17.8. The summed E-state index contributed by atoms with van der Waals surface area (Å²) in [5.41, 5.74) is 3.93. The summed E-state index contributed by atoms with van der Waals surface area (Å²) in [6.07, 6.45) is 2.05. The Morgan fingerprint density at radius 3 is 2.48 bits per heavy atom. The van der Waals surface area contributed by atoms with Crippen LogP contribution in [0.1, 0.15) is 19.4 Å². The van der Waals surface area contributed by atoms with Gasteiger partial charge in [0.1, 0.15) is 5.75 Å². The number of nitrogens with one attached hydrogen (secondary N) is 1. The van der Waals surface area contributed by atoms with E-state index in [0.29, 0.717) is 11.1 Å². The molecule has 1 aromatic heterocycles. The van der Waals surface area contributed by atoms with Crippen molar-refractivity contribution < 1.29 is 4.74 Å². The Morgan fingerprint density at radius 2 is 1.84 bits per heavy atom. The molecule has 0 amide bonds. The van der Waals surface area contributed by atoms with Crippen molar-refractivity contribution in [2.24, 2.45) is 0 Å². The summed E-state index contributed by atoms with van der Waals surface area (Å²) < 4.78 is 7.11. The summed E-state index contributed by atoms with van der Waals surface area (Å²) in [6, 6.07) is 16.0. The Labute approximate surface area is 153 Å². The van der Waals surface area contributed by atoms with E-state index in [4.69, 9.17) is 21.4 Å². The van der Waals surface area contributed by atoms with Crippen molar-refractivity contribution in [2.45, 2.75) is 26.4 Å². The molecule has 25 heavy (non-hydrogen) atoms. The minimum Gasteiger partial charge on any atom is -0.497 e. The molecule has 5 heteroatoms. The first-order valence-corrected chi connectivity index (χ1v) is 8.67. The molecule has 0 saturated carbocycles. The van der Waals surface area contributed by atoms with Gasteiger partial charge < -0.3 is 10.1 Å². The lowest BCUT2D eigenvalue weighted by atomic mass is 10.1. The first kappa shape index (κ1) is 17.5. The van der Waals surface area contributed by atoms with Gasteiger partial charge in [-0.2, -0.15) is 5.10 Å². The number of benzene rings is 2. The molecule has 0 atom stereocenters. The van der Waals surface area contributed by atoms with Gasteiger partial charge >= 0.3 is 0 Å². The molecule has 4 nitrogen and oxygen atoms in total. The van der Waals surface area contributed by atoms with Gasteiger partial charge in [-0.3, -0.25) is 0 Å². The van der Waals surface area contributed by atoms with E-state index in [1.165, 1.54) is 0 Å². The minimum absolute atomic E-state index is 0.392. The van der Waals surface area contributed by atoms with Gasteiger partial charge in [-0.1, -0.05) is 43.6 Å². The Bertz CT molecular complexity index is 840. The second-order valence-electron chi connectivity index (χ2n) is 6.16. The molecule has 0 radical (unpaired) electrons. The van der Waals surface area contributed by atoms with Gasteiger partial charge in [0.25, 0.3) is 0 Å². The number of ether oxygens (including phenoxy) is 1. The average molecular weight is 356 g/mol. The smallest absolute Gasteiger partial charge is 0.119 e. The van der Waals surface area contributed by atoms with Crippen molar-refractivity contribution >= 4 is 11.6 Å². The van der Waals surface area contributed by atoms with Crippen LogP contribution >= 0.6 is 11.6 Å². The number of nitrogens with zero attached hydrogens (tertiary/aromatic N) is 2. The third-order valence-electron chi connectivity index (χ3n) is 3.96. The molecule has 3 aromatic rings. The van der Waals surface area contributed by atoms with Crippen LogP contribution in [0.3, 0.4) is 0 Å². The molecule has 1 N–H and O–H groups in total. The quantitative estimate of drug-likeness (QED) is 0.696. The highest BCUT2D eigenvalue weighted by Gasteiger charge is 2.15. The van der Waals surface area contributed by atoms with Gasteiger partial charge in [-0.15, -0.1) is 0 Å². The topological polar surface area (TPSA) is 39.1 Å². The fourth-order valence-electron chi connectivity index (χ4n) is 2.60. The van der Waals surface area contributed by atoms with E-state index in [9.17, 15) is 0 Å². The number of hydrogen-bond acceptors (Lipinski definition) is 3. The number of hydrogen-bond donors (Lipinski definition) is 1. The standard InChI is InChI=1S/C20H22ClN3O/c1-14(2)22-12-15-13-24(16-8-10-17(25-3)11-9-16)23-20(15)18-6-4-5-7-19(18)21/h4-11,13-14,22H,12H2,1-3H3. The molecule has 1 heterocycles. The number of aromatic nitrogens is 2. The van der Waals surface area contributed by atoms with Crippen molar-refractivity contribution in [3.8, 4) is 22.7 Å². The summed E-state index contributed by atoms with van der Waals surface area (Å²) in [6.45, 7) is 4.99. The largest absolute Gasteiger partial charge is 0.497 e. The summed E-state index contributed by atoms with van der Waals surface area (Å²) in [5.74, 6) is 0.823. The van der Waals surface area contributed by atoms with Crippen LogP contribution in [0, 0.1) is 0 Å². The van der Waals surface area contributed by atoms with Crippen LogP contribution in [0.5, 0.6) is 5.75 Å². The van der Waals surface area contributed by atoms with Crippen LogP contribution < -0.4 is 10.1 Å². The molecule has 0 unspecified atom stereocenters. The van der Waals surface area contributed by atoms with Crippen LogP contribution in [-0.2, 0) is 6.54 Å². The van der Waals surface area contributed by atoms with E-state index in [1.807, 2.05) is 53.2 Å². The molecule has 0 aliphatic heterocycles. The summed E-state index contributed by atoms with van der Waals surface area (Å²) in [5, 5.41) is 8.96. The molecular formula is C20H22ClN3O. The molecular weight excluding hydrogens is 334 g/mol. The Kier molecular flexibility index (Phi) is 5.41. The van der Waals surface area contributed by atoms with E-state index in [0.717, 1.165) is 34.8 Å². The maximum absolute atomic E-state index is 6.40. The molecule has 0 saturated heterocycles. The third-order valence-corrected chi connectivity index (χ3v) is 4.29. The maximum atomic E-state index is 6.40. The van der Waals surface area contributed by atoms with Crippen molar-refractivity contribution in [1.82, 2.24) is 15.1 Å². The van der Waals surface area contributed by atoms with E-state index in [1.54, 1.807) is 7.11 Å². The number of halogens is 1. The zero-order valence-electron chi connectivity index (χ0n) is 14.7. The summed E-state index contributed by atoms with van der Waals surface area (Å²) in [7, 11) is 1.66. The highest BCUT2D eigenvalue weighted by molar-refractivity contribution is 6.33. The highest BCUT2D eigenvalue weighted by Crippen LogP contribution is 2.30. The van der Waals surface area contributed by atoms with Gasteiger partial charge in [-0.05, 0) is 30.3 Å². The first-order chi connectivity index (χ1) is 12.1. The fourth-order valence-corrected chi connectivity index (χ4v) is 2.83. The van der Waals surface area contributed by atoms with Crippen molar-refractivity contribution in [3.63, 3.8) is 0 Å². The lowest BCUT2D eigenvalue weighted by molar-refractivity contribution is 0.414. The van der Waals surface area contributed by atoms with Crippen molar-refractivity contribution in [2.75, 3.05) is 7.11 Å². The highest BCUT2D eigenvalue weighted by atomic mass is 35.5. The Hall–Kier alpha value is -2.30.